The molecule has 1 aromatic heterocycles. The molecule has 0 amide bonds. The fourth-order valence-corrected chi connectivity index (χ4v) is 1.45. The van der Waals surface area contributed by atoms with E-state index < -0.39 is 0 Å². The fraction of sp³-hybridized carbons (Fsp3) is 0.667. The van der Waals surface area contributed by atoms with E-state index in [9.17, 15) is 0 Å². The van der Waals surface area contributed by atoms with Crippen LogP contribution >= 0.6 is 11.6 Å². The van der Waals surface area contributed by atoms with E-state index in [0.29, 0.717) is 0 Å². The summed E-state index contributed by atoms with van der Waals surface area (Å²) in [4.78, 5) is 7.17. The molecule has 1 rings (SSSR count). The Morgan fingerprint density at radius 3 is 3.08 bits per heavy atom. The van der Waals surface area contributed by atoms with Gasteiger partial charge in [0.1, 0.15) is 5.82 Å². The molecule has 0 aliphatic heterocycles. The van der Waals surface area contributed by atoms with Crippen molar-refractivity contribution in [2.45, 2.75) is 38.0 Å². The molecule has 0 aliphatic carbocycles. The molecule has 0 aliphatic rings. The molecule has 0 bridgehead atoms. The molecule has 0 aromatic carbocycles. The second-order valence-electron chi connectivity index (χ2n) is 2.98. The third kappa shape index (κ3) is 3.26. The lowest BCUT2D eigenvalue weighted by atomic mass is 10.1. The van der Waals surface area contributed by atoms with Crippen LogP contribution in [-0.2, 0) is 6.42 Å². The molecule has 1 N–H and O–H groups in total. The van der Waals surface area contributed by atoms with Crippen LogP contribution in [0.25, 0.3) is 0 Å². The van der Waals surface area contributed by atoms with Crippen molar-refractivity contribution < 1.29 is 0 Å². The van der Waals surface area contributed by atoms with Crippen LogP contribution in [0.3, 0.4) is 0 Å². The second-order valence-corrected chi connectivity index (χ2v) is 3.60. The fourth-order valence-electron chi connectivity index (χ4n) is 1.15. The Labute approximate surface area is 78.4 Å². The van der Waals surface area contributed by atoms with Crippen molar-refractivity contribution in [1.82, 2.24) is 9.97 Å². The first-order valence-electron chi connectivity index (χ1n) is 4.45. The van der Waals surface area contributed by atoms with Gasteiger partial charge in [0.15, 0.2) is 0 Å². The van der Waals surface area contributed by atoms with Crippen molar-refractivity contribution in [3.05, 3.63) is 18.2 Å². The van der Waals surface area contributed by atoms with Crippen molar-refractivity contribution in [2.24, 2.45) is 0 Å². The number of alkyl halides is 1. The van der Waals surface area contributed by atoms with Gasteiger partial charge in [-0.25, -0.2) is 4.98 Å². The van der Waals surface area contributed by atoms with E-state index in [-0.39, 0.29) is 5.38 Å². The summed E-state index contributed by atoms with van der Waals surface area (Å²) in [6.45, 7) is 2.18. The lowest BCUT2D eigenvalue weighted by Crippen LogP contribution is -2.04. The topological polar surface area (TPSA) is 28.7 Å². The van der Waals surface area contributed by atoms with Crippen LogP contribution in [0.4, 0.5) is 0 Å². The number of imidazole rings is 1. The van der Waals surface area contributed by atoms with Gasteiger partial charge in [-0.05, 0) is 6.42 Å². The van der Waals surface area contributed by atoms with Crippen LogP contribution in [-0.4, -0.2) is 15.3 Å². The zero-order valence-corrected chi connectivity index (χ0v) is 8.14. The maximum absolute atomic E-state index is 6.09. The van der Waals surface area contributed by atoms with E-state index >= 15 is 0 Å². The number of unbranched alkanes of at least 4 members (excludes halogenated alkanes) is 1. The number of hydrogen-bond acceptors (Lipinski definition) is 1. The van der Waals surface area contributed by atoms with Crippen molar-refractivity contribution in [1.29, 1.82) is 0 Å². The molecular formula is C9H15ClN2. The lowest BCUT2D eigenvalue weighted by molar-refractivity contribution is 0.662. The molecule has 2 nitrogen and oxygen atoms in total. The highest BCUT2D eigenvalue weighted by Crippen LogP contribution is 2.11. The number of halogens is 1. The summed E-state index contributed by atoms with van der Waals surface area (Å²) in [6, 6.07) is 0. The molecule has 3 heteroatoms. The summed E-state index contributed by atoms with van der Waals surface area (Å²) in [5.74, 6) is 0.992. The van der Waals surface area contributed by atoms with Gasteiger partial charge < -0.3 is 4.98 Å². The van der Waals surface area contributed by atoms with Crippen LogP contribution in [0.1, 0.15) is 32.0 Å². The highest BCUT2D eigenvalue weighted by Gasteiger charge is 2.05. The van der Waals surface area contributed by atoms with E-state index in [1.807, 2.05) is 6.20 Å². The number of rotatable bonds is 5. The molecule has 0 saturated heterocycles. The molecular weight excluding hydrogens is 172 g/mol. The Kier molecular flexibility index (Phi) is 4.15. The largest absolute Gasteiger partial charge is 0.349 e. The Hall–Kier alpha value is -0.500. The van der Waals surface area contributed by atoms with Gasteiger partial charge in [0.2, 0.25) is 0 Å². The van der Waals surface area contributed by atoms with Crippen molar-refractivity contribution in [3.8, 4) is 0 Å². The number of aromatic amines is 1. The van der Waals surface area contributed by atoms with Crippen molar-refractivity contribution >= 4 is 11.6 Å². The Balaban J connectivity index is 2.22. The molecule has 1 atom stereocenters. The van der Waals surface area contributed by atoms with Gasteiger partial charge in [0.25, 0.3) is 0 Å². The van der Waals surface area contributed by atoms with Crippen LogP contribution in [0, 0.1) is 0 Å². The normalized spacial score (nSPS) is 13.2. The minimum atomic E-state index is 0.232. The number of H-pyrrole nitrogens is 1. The smallest absolute Gasteiger partial charge is 0.107 e. The molecule has 1 heterocycles. The van der Waals surface area contributed by atoms with E-state index in [1.54, 1.807) is 6.20 Å². The van der Waals surface area contributed by atoms with E-state index in [4.69, 9.17) is 11.6 Å². The van der Waals surface area contributed by atoms with Gasteiger partial charge in [0, 0.05) is 24.2 Å². The standard InChI is InChI=1S/C9H15ClN2/c1-2-3-4-8(10)7-9-11-5-6-12-9/h5-6,8H,2-4,7H2,1H3,(H,11,12). The third-order valence-electron chi connectivity index (χ3n) is 1.84. The summed E-state index contributed by atoms with van der Waals surface area (Å²) in [6.07, 6.45) is 7.95. The predicted octanol–water partition coefficient (Wildman–Crippen LogP) is 2.75. The molecule has 1 unspecified atom stereocenters. The SMILES string of the molecule is CCCCC(Cl)Cc1ncc[nH]1. The maximum atomic E-state index is 6.09. The first-order valence-corrected chi connectivity index (χ1v) is 4.89. The van der Waals surface area contributed by atoms with E-state index in [0.717, 1.165) is 18.7 Å². The average Bonchev–Trinajstić information content (AvgIpc) is 2.53. The zero-order chi connectivity index (χ0) is 8.81. The van der Waals surface area contributed by atoms with E-state index in [1.165, 1.54) is 12.8 Å². The van der Waals surface area contributed by atoms with Gasteiger partial charge >= 0.3 is 0 Å². The minimum Gasteiger partial charge on any atom is -0.349 e. The quantitative estimate of drug-likeness (QED) is 0.704. The van der Waals surface area contributed by atoms with Gasteiger partial charge in [-0.15, -0.1) is 11.6 Å². The first kappa shape index (κ1) is 9.59. The monoisotopic (exact) mass is 186 g/mol. The first-order chi connectivity index (χ1) is 5.83. The molecule has 0 fully saturated rings. The minimum absolute atomic E-state index is 0.232. The van der Waals surface area contributed by atoms with Gasteiger partial charge in [-0.3, -0.25) is 0 Å². The number of aromatic nitrogens is 2. The average molecular weight is 187 g/mol. The number of nitrogens with one attached hydrogen (secondary N) is 1. The predicted molar refractivity (Wildman–Crippen MR) is 51.5 cm³/mol. The summed E-state index contributed by atoms with van der Waals surface area (Å²) < 4.78 is 0. The Morgan fingerprint density at radius 2 is 2.50 bits per heavy atom. The van der Waals surface area contributed by atoms with Gasteiger partial charge in [-0.1, -0.05) is 19.8 Å². The molecule has 0 saturated carbocycles. The summed E-state index contributed by atoms with van der Waals surface area (Å²) >= 11 is 6.09. The van der Waals surface area contributed by atoms with Crippen LogP contribution in [0.15, 0.2) is 12.4 Å². The van der Waals surface area contributed by atoms with Crippen LogP contribution in [0.5, 0.6) is 0 Å². The third-order valence-corrected chi connectivity index (χ3v) is 2.21. The van der Waals surface area contributed by atoms with Gasteiger partial charge in [0.05, 0.1) is 0 Å². The molecule has 1 aromatic rings. The molecule has 0 radical (unpaired) electrons. The number of hydrogen-bond donors (Lipinski definition) is 1. The second kappa shape index (κ2) is 5.20. The molecule has 68 valence electrons. The summed E-state index contributed by atoms with van der Waals surface area (Å²) in [5.41, 5.74) is 0. The van der Waals surface area contributed by atoms with E-state index in [2.05, 4.69) is 16.9 Å². The van der Waals surface area contributed by atoms with Gasteiger partial charge in [-0.2, -0.15) is 0 Å². The highest BCUT2D eigenvalue weighted by molar-refractivity contribution is 6.20. The number of nitrogens with zero attached hydrogens (tertiary/aromatic N) is 1. The van der Waals surface area contributed by atoms with Crippen LogP contribution in [0.2, 0.25) is 0 Å². The lowest BCUT2D eigenvalue weighted by Gasteiger charge is -2.05. The Bertz CT molecular complexity index is 196. The van der Waals surface area contributed by atoms with Crippen molar-refractivity contribution in [3.63, 3.8) is 0 Å². The van der Waals surface area contributed by atoms with Crippen LogP contribution < -0.4 is 0 Å². The molecule has 12 heavy (non-hydrogen) atoms. The Morgan fingerprint density at radius 1 is 1.67 bits per heavy atom. The zero-order valence-electron chi connectivity index (χ0n) is 7.39. The summed E-state index contributed by atoms with van der Waals surface area (Å²) in [5, 5.41) is 0.232. The summed E-state index contributed by atoms with van der Waals surface area (Å²) in [7, 11) is 0. The molecule has 0 spiro atoms. The highest BCUT2D eigenvalue weighted by atomic mass is 35.5. The van der Waals surface area contributed by atoms with Crippen molar-refractivity contribution in [2.75, 3.05) is 0 Å². The maximum Gasteiger partial charge on any atom is 0.107 e.